The van der Waals surface area contributed by atoms with E-state index in [9.17, 15) is 4.79 Å². The van der Waals surface area contributed by atoms with Gasteiger partial charge in [-0.2, -0.15) is 0 Å². The van der Waals surface area contributed by atoms with Crippen LogP contribution in [0.4, 0.5) is 0 Å². The highest BCUT2D eigenvalue weighted by Gasteiger charge is 2.07. The number of hydrogen-bond acceptors (Lipinski definition) is 4. The molecule has 0 amide bonds. The minimum Gasteiger partial charge on any atom is -0.422 e. The maximum absolute atomic E-state index is 11.6. The van der Waals surface area contributed by atoms with Crippen LogP contribution in [0.25, 0.3) is 11.0 Å². The first-order valence-electron chi connectivity index (χ1n) is 4.68. The summed E-state index contributed by atoms with van der Waals surface area (Å²) in [5.41, 5.74) is 5.69. The van der Waals surface area contributed by atoms with Crippen LogP contribution < -0.4 is 11.4 Å². The van der Waals surface area contributed by atoms with Gasteiger partial charge in [0.25, 0.3) is 0 Å². The zero-order valence-corrected chi connectivity index (χ0v) is 9.16. The summed E-state index contributed by atoms with van der Waals surface area (Å²) in [6.45, 7) is 0. The largest absolute Gasteiger partial charge is 0.422 e. The lowest BCUT2D eigenvalue weighted by Gasteiger charge is -1.99. The van der Waals surface area contributed by atoms with Crippen molar-refractivity contribution in [2.75, 3.05) is 0 Å². The summed E-state index contributed by atoms with van der Waals surface area (Å²) in [6.07, 6.45) is 2.80. The summed E-state index contributed by atoms with van der Waals surface area (Å²) in [5, 5.41) is 0.838. The molecule has 3 nitrogen and oxygen atoms in total. The van der Waals surface area contributed by atoms with Crippen LogP contribution in [0.1, 0.15) is 5.56 Å². The number of hydrogen-bond donors (Lipinski definition) is 1. The summed E-state index contributed by atoms with van der Waals surface area (Å²) >= 11 is 5.04. The highest BCUT2D eigenvalue weighted by Crippen LogP contribution is 2.13. The van der Waals surface area contributed by atoms with Gasteiger partial charge in [-0.05, 0) is 24.4 Å². The Morgan fingerprint density at radius 2 is 2.12 bits per heavy atom. The highest BCUT2D eigenvalue weighted by atomic mass is 32.1. The number of fused-ring (bicyclic) bond motifs is 1. The fraction of sp³-hybridized carbons (Fsp3) is 0. The fourth-order valence-electron chi connectivity index (χ4n) is 1.41. The average Bonchev–Trinajstić information content (AvgIpc) is 2.28. The Hall–Kier alpha value is -1.94. The molecule has 0 aliphatic carbocycles. The van der Waals surface area contributed by atoms with Gasteiger partial charge in [0.2, 0.25) is 0 Å². The van der Waals surface area contributed by atoms with Crippen molar-refractivity contribution in [2.45, 2.75) is 0 Å². The Morgan fingerprint density at radius 3 is 2.88 bits per heavy atom. The lowest BCUT2D eigenvalue weighted by atomic mass is 10.1. The van der Waals surface area contributed by atoms with Crippen LogP contribution in [-0.4, -0.2) is 4.86 Å². The SMILES string of the molecule is NC=CC(=S)c1cc2ccccc2oc1=O. The van der Waals surface area contributed by atoms with E-state index in [1.165, 1.54) is 12.3 Å². The van der Waals surface area contributed by atoms with Crippen LogP contribution in [0.2, 0.25) is 0 Å². The predicted octanol–water partition coefficient (Wildman–Crippen LogP) is 1.98. The number of para-hydroxylation sites is 1. The molecule has 16 heavy (non-hydrogen) atoms. The van der Waals surface area contributed by atoms with Crippen molar-refractivity contribution in [3.63, 3.8) is 0 Å². The Morgan fingerprint density at radius 1 is 1.38 bits per heavy atom. The first-order chi connectivity index (χ1) is 7.72. The first kappa shape index (κ1) is 10.6. The quantitative estimate of drug-likeness (QED) is 0.371. The molecule has 0 saturated heterocycles. The van der Waals surface area contributed by atoms with E-state index in [1.54, 1.807) is 12.1 Å². The summed E-state index contributed by atoms with van der Waals surface area (Å²) < 4.78 is 5.14. The minimum atomic E-state index is -0.443. The van der Waals surface area contributed by atoms with Crippen molar-refractivity contribution in [1.29, 1.82) is 0 Å². The standard InChI is InChI=1S/C12H9NO2S/c13-6-5-11(16)9-7-8-3-1-2-4-10(8)15-12(9)14/h1-7H,13H2. The van der Waals surface area contributed by atoms with E-state index in [1.807, 2.05) is 18.2 Å². The fourth-order valence-corrected chi connectivity index (χ4v) is 1.63. The average molecular weight is 231 g/mol. The van der Waals surface area contributed by atoms with Gasteiger partial charge in [-0.3, -0.25) is 0 Å². The first-order valence-corrected chi connectivity index (χ1v) is 5.08. The Labute approximate surface area is 97.2 Å². The summed E-state index contributed by atoms with van der Waals surface area (Å²) in [4.78, 5) is 12.0. The smallest absolute Gasteiger partial charge is 0.345 e. The lowest BCUT2D eigenvalue weighted by molar-refractivity contribution is 0.560. The Bertz CT molecular complexity index is 628. The van der Waals surface area contributed by atoms with Crippen molar-refractivity contribution in [3.05, 3.63) is 58.6 Å². The van der Waals surface area contributed by atoms with Gasteiger partial charge >= 0.3 is 5.63 Å². The van der Waals surface area contributed by atoms with E-state index >= 15 is 0 Å². The number of thiocarbonyl (C=S) groups is 1. The van der Waals surface area contributed by atoms with Crippen molar-refractivity contribution in [2.24, 2.45) is 5.73 Å². The van der Waals surface area contributed by atoms with Crippen LogP contribution in [0, 0.1) is 0 Å². The molecule has 80 valence electrons. The molecule has 2 rings (SSSR count). The molecule has 0 unspecified atom stereocenters. The van der Waals surface area contributed by atoms with Crippen LogP contribution in [-0.2, 0) is 0 Å². The number of allylic oxidation sites excluding steroid dienone is 1. The molecule has 0 spiro atoms. The zero-order valence-electron chi connectivity index (χ0n) is 8.34. The molecule has 0 saturated carbocycles. The van der Waals surface area contributed by atoms with Gasteiger partial charge < -0.3 is 10.2 Å². The molecular weight excluding hydrogens is 222 g/mol. The Kier molecular flexibility index (Phi) is 2.83. The van der Waals surface area contributed by atoms with E-state index < -0.39 is 5.63 Å². The topological polar surface area (TPSA) is 56.2 Å². The van der Waals surface area contributed by atoms with Crippen LogP contribution in [0.3, 0.4) is 0 Å². The highest BCUT2D eigenvalue weighted by molar-refractivity contribution is 7.81. The third-order valence-corrected chi connectivity index (χ3v) is 2.51. The minimum absolute atomic E-state index is 0.357. The van der Waals surface area contributed by atoms with E-state index in [-0.39, 0.29) is 0 Å². The Balaban J connectivity index is 2.67. The normalized spacial score (nSPS) is 11.0. The summed E-state index contributed by atoms with van der Waals surface area (Å²) in [7, 11) is 0. The zero-order chi connectivity index (χ0) is 11.5. The van der Waals surface area contributed by atoms with Gasteiger partial charge in [-0.25, -0.2) is 4.79 Å². The molecule has 2 N–H and O–H groups in total. The third kappa shape index (κ3) is 1.87. The molecule has 0 bridgehead atoms. The van der Waals surface area contributed by atoms with E-state index in [2.05, 4.69) is 0 Å². The van der Waals surface area contributed by atoms with E-state index in [0.717, 1.165) is 5.39 Å². The molecule has 1 heterocycles. The molecule has 0 aliphatic rings. The molecule has 1 aromatic carbocycles. The molecule has 1 aromatic heterocycles. The molecule has 0 atom stereocenters. The second-order valence-electron chi connectivity index (χ2n) is 3.21. The maximum Gasteiger partial charge on any atom is 0.345 e. The van der Waals surface area contributed by atoms with Crippen LogP contribution >= 0.6 is 12.2 Å². The molecular formula is C12H9NO2S. The molecule has 0 radical (unpaired) electrons. The van der Waals surface area contributed by atoms with E-state index in [4.69, 9.17) is 22.4 Å². The van der Waals surface area contributed by atoms with Gasteiger partial charge in [-0.15, -0.1) is 0 Å². The third-order valence-electron chi connectivity index (χ3n) is 2.15. The van der Waals surface area contributed by atoms with Crippen LogP contribution in [0.15, 0.2) is 51.8 Å². The number of benzene rings is 1. The van der Waals surface area contributed by atoms with E-state index in [0.29, 0.717) is 16.0 Å². The van der Waals surface area contributed by atoms with Crippen molar-refractivity contribution >= 4 is 28.1 Å². The van der Waals surface area contributed by atoms with Gasteiger partial charge in [0.05, 0.1) is 10.4 Å². The van der Waals surface area contributed by atoms with Gasteiger partial charge in [-0.1, -0.05) is 30.4 Å². The monoisotopic (exact) mass is 231 g/mol. The summed E-state index contributed by atoms with van der Waals surface area (Å²) in [5.74, 6) is 0. The second kappa shape index (κ2) is 4.28. The van der Waals surface area contributed by atoms with Crippen molar-refractivity contribution in [1.82, 2.24) is 0 Å². The van der Waals surface area contributed by atoms with Crippen molar-refractivity contribution < 1.29 is 4.42 Å². The van der Waals surface area contributed by atoms with Gasteiger partial charge in [0, 0.05) is 5.39 Å². The second-order valence-corrected chi connectivity index (χ2v) is 3.65. The van der Waals surface area contributed by atoms with Crippen molar-refractivity contribution in [3.8, 4) is 0 Å². The molecule has 0 fully saturated rings. The molecule has 4 heteroatoms. The molecule has 0 aliphatic heterocycles. The number of nitrogens with two attached hydrogens (primary N) is 1. The van der Waals surface area contributed by atoms with Gasteiger partial charge in [0.15, 0.2) is 0 Å². The van der Waals surface area contributed by atoms with Gasteiger partial charge in [0.1, 0.15) is 5.58 Å². The maximum atomic E-state index is 11.6. The predicted molar refractivity (Wildman–Crippen MR) is 67.5 cm³/mol. The number of rotatable bonds is 2. The molecule has 2 aromatic rings. The lowest BCUT2D eigenvalue weighted by Crippen LogP contribution is -2.11. The van der Waals surface area contributed by atoms with Crippen LogP contribution in [0.5, 0.6) is 0 Å². The summed E-state index contributed by atoms with van der Waals surface area (Å²) in [6, 6.07) is 8.99.